The molecular formula is C23H25ClN4O2. The molecular weight excluding hydrogens is 400 g/mol. The molecule has 1 aliphatic heterocycles. The minimum atomic E-state index is -0.302. The third kappa shape index (κ3) is 5.08. The lowest BCUT2D eigenvalue weighted by atomic mass is 10.1. The van der Waals surface area contributed by atoms with Gasteiger partial charge in [0.1, 0.15) is 5.02 Å². The number of aromatic nitrogens is 2. The van der Waals surface area contributed by atoms with Crippen LogP contribution in [0, 0.1) is 0 Å². The highest BCUT2D eigenvalue weighted by Gasteiger charge is 2.20. The van der Waals surface area contributed by atoms with Crippen molar-refractivity contribution in [3.05, 3.63) is 93.4 Å². The fourth-order valence-electron chi connectivity index (χ4n) is 3.58. The van der Waals surface area contributed by atoms with Crippen LogP contribution in [0.15, 0.2) is 71.7 Å². The number of nitrogens with zero attached hydrogens (tertiary/aromatic N) is 3. The second-order valence-corrected chi connectivity index (χ2v) is 7.72. The molecule has 1 N–H and O–H groups in total. The molecule has 0 saturated carbocycles. The van der Waals surface area contributed by atoms with Gasteiger partial charge >= 0.3 is 0 Å². The van der Waals surface area contributed by atoms with Gasteiger partial charge in [0.25, 0.3) is 5.56 Å². The monoisotopic (exact) mass is 424 g/mol. The number of halogens is 1. The van der Waals surface area contributed by atoms with Gasteiger partial charge < -0.3 is 10.1 Å². The van der Waals surface area contributed by atoms with E-state index in [9.17, 15) is 4.79 Å². The van der Waals surface area contributed by atoms with E-state index in [1.807, 2.05) is 48.5 Å². The maximum Gasteiger partial charge on any atom is 0.287 e. The smallest absolute Gasteiger partial charge is 0.287 e. The van der Waals surface area contributed by atoms with E-state index in [2.05, 4.69) is 27.4 Å². The van der Waals surface area contributed by atoms with E-state index in [4.69, 9.17) is 16.3 Å². The molecule has 1 unspecified atom stereocenters. The standard InChI is InChI=1S/C23H25ClN4O2/c24-22-20(15-25-28(23(22)29)16-18-7-3-1-4-8-18)26-21(19-9-5-2-6-10-19)17-27-11-13-30-14-12-27/h1-10,15,21,26H,11-14,16-17H2. The largest absolute Gasteiger partial charge is 0.379 e. The summed E-state index contributed by atoms with van der Waals surface area (Å²) in [5, 5.41) is 7.96. The Bertz CT molecular complexity index is 1000. The van der Waals surface area contributed by atoms with E-state index in [-0.39, 0.29) is 16.6 Å². The van der Waals surface area contributed by atoms with E-state index in [1.54, 1.807) is 6.20 Å². The summed E-state index contributed by atoms with van der Waals surface area (Å²) < 4.78 is 6.86. The SMILES string of the molecule is O=c1c(Cl)c(NC(CN2CCOCC2)c2ccccc2)cnn1Cc1ccccc1. The first-order chi connectivity index (χ1) is 14.7. The first kappa shape index (κ1) is 20.6. The number of morpholine rings is 1. The van der Waals surface area contributed by atoms with Crippen molar-refractivity contribution in [1.82, 2.24) is 14.7 Å². The molecule has 1 aliphatic rings. The fraction of sp³-hybridized carbons (Fsp3) is 0.304. The van der Waals surface area contributed by atoms with E-state index in [0.717, 1.165) is 44.0 Å². The van der Waals surface area contributed by atoms with Gasteiger partial charge in [-0.05, 0) is 11.1 Å². The van der Waals surface area contributed by atoms with Crippen LogP contribution in [0.4, 0.5) is 5.69 Å². The van der Waals surface area contributed by atoms with Gasteiger partial charge in [0.05, 0.1) is 37.7 Å². The average Bonchev–Trinajstić information content (AvgIpc) is 2.80. The zero-order valence-corrected chi connectivity index (χ0v) is 17.5. The Labute approximate surface area is 181 Å². The molecule has 7 heteroatoms. The number of hydrogen-bond acceptors (Lipinski definition) is 5. The van der Waals surface area contributed by atoms with Crippen molar-refractivity contribution in [2.24, 2.45) is 0 Å². The Morgan fingerprint density at radius 1 is 1.03 bits per heavy atom. The van der Waals surface area contributed by atoms with Crippen LogP contribution in [0.25, 0.3) is 0 Å². The molecule has 3 aromatic rings. The van der Waals surface area contributed by atoms with Gasteiger partial charge in [0, 0.05) is 19.6 Å². The summed E-state index contributed by atoms with van der Waals surface area (Å²) in [4.78, 5) is 15.2. The quantitative estimate of drug-likeness (QED) is 0.629. The van der Waals surface area contributed by atoms with E-state index in [1.165, 1.54) is 4.68 Å². The molecule has 0 spiro atoms. The predicted octanol–water partition coefficient (Wildman–Crippen LogP) is 3.43. The topological polar surface area (TPSA) is 59.4 Å². The molecule has 0 aliphatic carbocycles. The maximum atomic E-state index is 12.8. The van der Waals surface area contributed by atoms with Crippen molar-refractivity contribution in [1.29, 1.82) is 0 Å². The maximum absolute atomic E-state index is 12.8. The Morgan fingerprint density at radius 2 is 1.70 bits per heavy atom. The minimum absolute atomic E-state index is 0.0204. The number of hydrogen-bond donors (Lipinski definition) is 1. The van der Waals surface area contributed by atoms with Crippen LogP contribution in [-0.2, 0) is 11.3 Å². The molecule has 2 heterocycles. The lowest BCUT2D eigenvalue weighted by molar-refractivity contribution is 0.0361. The number of anilines is 1. The zero-order chi connectivity index (χ0) is 20.8. The second kappa shape index (κ2) is 9.89. The van der Waals surface area contributed by atoms with Gasteiger partial charge in [-0.1, -0.05) is 72.3 Å². The van der Waals surface area contributed by atoms with Crippen molar-refractivity contribution in [3.63, 3.8) is 0 Å². The molecule has 1 saturated heterocycles. The summed E-state index contributed by atoms with van der Waals surface area (Å²) in [6, 6.07) is 19.9. The molecule has 6 nitrogen and oxygen atoms in total. The van der Waals surface area contributed by atoms with Crippen LogP contribution in [0.1, 0.15) is 17.2 Å². The second-order valence-electron chi connectivity index (χ2n) is 7.34. The van der Waals surface area contributed by atoms with Gasteiger partial charge in [0.15, 0.2) is 0 Å². The molecule has 4 rings (SSSR count). The van der Waals surface area contributed by atoms with Gasteiger partial charge in [-0.3, -0.25) is 9.69 Å². The van der Waals surface area contributed by atoms with Crippen LogP contribution in [0.3, 0.4) is 0 Å². The molecule has 30 heavy (non-hydrogen) atoms. The average molecular weight is 425 g/mol. The summed E-state index contributed by atoms with van der Waals surface area (Å²) in [6.45, 7) is 4.41. The minimum Gasteiger partial charge on any atom is -0.379 e. The first-order valence-corrected chi connectivity index (χ1v) is 10.5. The van der Waals surface area contributed by atoms with Gasteiger partial charge in [-0.2, -0.15) is 5.10 Å². The van der Waals surface area contributed by atoms with Crippen LogP contribution < -0.4 is 10.9 Å². The van der Waals surface area contributed by atoms with E-state index < -0.39 is 0 Å². The highest BCUT2D eigenvalue weighted by Crippen LogP contribution is 2.24. The van der Waals surface area contributed by atoms with E-state index >= 15 is 0 Å². The number of ether oxygens (including phenoxy) is 1. The van der Waals surface area contributed by atoms with Crippen molar-refractivity contribution in [3.8, 4) is 0 Å². The van der Waals surface area contributed by atoms with Gasteiger partial charge in [-0.25, -0.2) is 4.68 Å². The molecule has 0 amide bonds. The molecule has 2 aromatic carbocycles. The summed E-state index contributed by atoms with van der Waals surface area (Å²) in [5.41, 5.74) is 2.38. The summed E-state index contributed by atoms with van der Waals surface area (Å²) >= 11 is 6.47. The van der Waals surface area contributed by atoms with Crippen molar-refractivity contribution >= 4 is 17.3 Å². The molecule has 0 bridgehead atoms. The lowest BCUT2D eigenvalue weighted by Crippen LogP contribution is -2.40. The Morgan fingerprint density at radius 3 is 2.40 bits per heavy atom. The van der Waals surface area contributed by atoms with Gasteiger partial charge in [0.2, 0.25) is 0 Å². The van der Waals surface area contributed by atoms with Crippen LogP contribution in [0.5, 0.6) is 0 Å². The summed E-state index contributed by atoms with van der Waals surface area (Å²) in [6.07, 6.45) is 1.64. The Kier molecular flexibility index (Phi) is 6.79. The van der Waals surface area contributed by atoms with Gasteiger partial charge in [-0.15, -0.1) is 0 Å². The number of benzene rings is 2. The van der Waals surface area contributed by atoms with Crippen molar-refractivity contribution in [2.75, 3.05) is 38.2 Å². The summed E-state index contributed by atoms with van der Waals surface area (Å²) in [7, 11) is 0. The van der Waals surface area contributed by atoms with Crippen molar-refractivity contribution < 1.29 is 4.74 Å². The first-order valence-electron chi connectivity index (χ1n) is 10.1. The van der Waals surface area contributed by atoms with Crippen LogP contribution >= 0.6 is 11.6 Å². The highest BCUT2D eigenvalue weighted by atomic mass is 35.5. The molecule has 156 valence electrons. The Hall–Kier alpha value is -2.67. The number of rotatable bonds is 7. The molecule has 1 aromatic heterocycles. The molecule has 1 fully saturated rings. The van der Waals surface area contributed by atoms with E-state index in [0.29, 0.717) is 12.2 Å². The zero-order valence-electron chi connectivity index (χ0n) is 16.7. The van der Waals surface area contributed by atoms with Crippen LogP contribution in [-0.4, -0.2) is 47.5 Å². The number of nitrogens with one attached hydrogen (secondary N) is 1. The lowest BCUT2D eigenvalue weighted by Gasteiger charge is -2.31. The van der Waals surface area contributed by atoms with Crippen molar-refractivity contribution in [2.45, 2.75) is 12.6 Å². The Balaban J connectivity index is 1.56. The third-order valence-corrected chi connectivity index (χ3v) is 5.60. The summed E-state index contributed by atoms with van der Waals surface area (Å²) in [5.74, 6) is 0. The van der Waals surface area contributed by atoms with Crippen LogP contribution in [0.2, 0.25) is 5.02 Å². The highest BCUT2D eigenvalue weighted by molar-refractivity contribution is 6.32. The normalized spacial score (nSPS) is 15.6. The fourth-order valence-corrected chi connectivity index (χ4v) is 3.78. The molecule has 1 atom stereocenters. The third-order valence-electron chi connectivity index (χ3n) is 5.24. The molecule has 0 radical (unpaired) electrons. The predicted molar refractivity (Wildman–Crippen MR) is 119 cm³/mol.